The topological polar surface area (TPSA) is 101 Å². The summed E-state index contributed by atoms with van der Waals surface area (Å²) in [7, 11) is 0. The molecular formula is C12H18N4O3. The molecule has 1 atom stereocenters. The van der Waals surface area contributed by atoms with Gasteiger partial charge >= 0.3 is 0 Å². The summed E-state index contributed by atoms with van der Waals surface area (Å²) in [5.41, 5.74) is 4.54. The number of carbonyl (C=O) groups excluding carboxylic acids is 2. The van der Waals surface area contributed by atoms with E-state index in [1.54, 1.807) is 12.4 Å². The maximum atomic E-state index is 12.1. The molecule has 1 aliphatic heterocycles. The first kappa shape index (κ1) is 13.5. The fraction of sp³-hybridized carbons (Fsp3) is 0.583. The second-order valence-corrected chi connectivity index (χ2v) is 5.03. The highest BCUT2D eigenvalue weighted by Crippen LogP contribution is 2.21. The Morgan fingerprint density at radius 1 is 1.58 bits per heavy atom. The van der Waals surface area contributed by atoms with E-state index in [1.165, 1.54) is 9.58 Å². The van der Waals surface area contributed by atoms with Gasteiger partial charge in [-0.1, -0.05) is 0 Å². The predicted octanol–water partition coefficient (Wildman–Crippen LogP) is -0.970. The van der Waals surface area contributed by atoms with E-state index < -0.39 is 11.5 Å². The molecule has 0 aliphatic carbocycles. The van der Waals surface area contributed by atoms with Crippen molar-refractivity contribution in [3.63, 3.8) is 0 Å². The number of aliphatic hydroxyl groups is 1. The lowest BCUT2D eigenvalue weighted by Crippen LogP contribution is -2.57. The van der Waals surface area contributed by atoms with E-state index in [9.17, 15) is 14.7 Å². The van der Waals surface area contributed by atoms with Gasteiger partial charge in [-0.3, -0.25) is 14.3 Å². The molecule has 104 valence electrons. The van der Waals surface area contributed by atoms with E-state index in [0.29, 0.717) is 19.4 Å². The maximum Gasteiger partial charge on any atom is 0.251 e. The van der Waals surface area contributed by atoms with Crippen molar-refractivity contribution in [2.45, 2.75) is 31.9 Å². The Morgan fingerprint density at radius 2 is 2.32 bits per heavy atom. The Hall–Kier alpha value is -1.89. The number of rotatable bonds is 3. The summed E-state index contributed by atoms with van der Waals surface area (Å²) in [4.78, 5) is 24.8. The second kappa shape index (κ2) is 5.00. The average Bonchev–Trinajstić information content (AvgIpc) is 2.74. The number of hydrogen-bond donors (Lipinski definition) is 2. The molecule has 0 saturated carbocycles. The molecule has 0 spiro atoms. The third-order valence-corrected chi connectivity index (χ3v) is 3.34. The highest BCUT2D eigenvalue weighted by molar-refractivity contribution is 5.85. The quantitative estimate of drug-likeness (QED) is 0.735. The molecule has 2 amide bonds. The molecule has 2 heterocycles. The first-order valence-corrected chi connectivity index (χ1v) is 6.20. The molecule has 1 aliphatic rings. The fourth-order valence-electron chi connectivity index (χ4n) is 2.24. The van der Waals surface area contributed by atoms with Gasteiger partial charge in [0.05, 0.1) is 12.7 Å². The van der Waals surface area contributed by atoms with Gasteiger partial charge in [-0.05, 0) is 25.3 Å². The summed E-state index contributed by atoms with van der Waals surface area (Å²) >= 11 is 0. The van der Waals surface area contributed by atoms with Crippen molar-refractivity contribution in [2.24, 2.45) is 5.73 Å². The zero-order chi connectivity index (χ0) is 14.0. The lowest BCUT2D eigenvalue weighted by atomic mass is 9.92. The number of hydrogen-bond acceptors (Lipinski definition) is 4. The van der Waals surface area contributed by atoms with Gasteiger partial charge in [-0.15, -0.1) is 0 Å². The minimum atomic E-state index is -1.60. The number of β-amino-alcohol motifs (C(OH)–C–C–N with tert-alkyl or cyclic N) is 1. The number of piperidine rings is 1. The number of carbonyl (C=O) groups is 2. The van der Waals surface area contributed by atoms with Crippen molar-refractivity contribution in [3.8, 4) is 0 Å². The third-order valence-electron chi connectivity index (χ3n) is 3.34. The van der Waals surface area contributed by atoms with E-state index in [0.717, 1.165) is 5.56 Å². The lowest BCUT2D eigenvalue weighted by molar-refractivity contribution is -0.149. The Morgan fingerprint density at radius 3 is 2.89 bits per heavy atom. The van der Waals surface area contributed by atoms with Gasteiger partial charge in [0.15, 0.2) is 5.60 Å². The van der Waals surface area contributed by atoms with E-state index in [2.05, 4.69) is 5.10 Å². The van der Waals surface area contributed by atoms with Gasteiger partial charge in [0, 0.05) is 12.7 Å². The largest absolute Gasteiger partial charge is 0.378 e. The van der Waals surface area contributed by atoms with E-state index in [1.807, 2.05) is 6.92 Å². The van der Waals surface area contributed by atoms with Gasteiger partial charge in [-0.2, -0.15) is 5.10 Å². The molecule has 0 radical (unpaired) electrons. The fourth-order valence-corrected chi connectivity index (χ4v) is 2.24. The van der Waals surface area contributed by atoms with Crippen LogP contribution in [0.2, 0.25) is 0 Å². The van der Waals surface area contributed by atoms with E-state index >= 15 is 0 Å². The van der Waals surface area contributed by atoms with Crippen molar-refractivity contribution < 1.29 is 14.7 Å². The normalized spacial score (nSPS) is 23.4. The van der Waals surface area contributed by atoms with Crippen molar-refractivity contribution in [3.05, 3.63) is 18.0 Å². The van der Waals surface area contributed by atoms with Crippen LogP contribution in [0.5, 0.6) is 0 Å². The predicted molar refractivity (Wildman–Crippen MR) is 66.9 cm³/mol. The molecule has 0 bridgehead atoms. The summed E-state index contributed by atoms with van der Waals surface area (Å²) in [5, 5.41) is 14.1. The molecule has 7 heteroatoms. The zero-order valence-electron chi connectivity index (χ0n) is 10.9. The van der Waals surface area contributed by atoms with E-state index in [4.69, 9.17) is 5.73 Å². The summed E-state index contributed by atoms with van der Waals surface area (Å²) in [5.74, 6) is -0.956. The first-order valence-electron chi connectivity index (χ1n) is 6.20. The molecule has 1 unspecified atom stereocenters. The molecule has 3 N–H and O–H groups in total. The van der Waals surface area contributed by atoms with Gasteiger partial charge in [0.25, 0.3) is 5.91 Å². The number of aryl methyl sites for hydroxylation is 1. The summed E-state index contributed by atoms with van der Waals surface area (Å²) in [6.45, 7) is 2.47. The molecule has 1 aromatic heterocycles. The summed E-state index contributed by atoms with van der Waals surface area (Å²) < 4.78 is 1.54. The van der Waals surface area contributed by atoms with E-state index in [-0.39, 0.29) is 19.0 Å². The maximum absolute atomic E-state index is 12.1. The first-order chi connectivity index (χ1) is 8.90. The molecule has 7 nitrogen and oxygen atoms in total. The lowest BCUT2D eigenvalue weighted by Gasteiger charge is -2.37. The van der Waals surface area contributed by atoms with Crippen LogP contribution in [0.4, 0.5) is 0 Å². The molecule has 1 aromatic rings. The summed E-state index contributed by atoms with van der Waals surface area (Å²) in [6.07, 6.45) is 4.29. The zero-order valence-corrected chi connectivity index (χ0v) is 10.9. The van der Waals surface area contributed by atoms with Crippen LogP contribution in [0, 0.1) is 6.92 Å². The molecule has 19 heavy (non-hydrogen) atoms. The Bertz CT molecular complexity index is 499. The molecule has 1 saturated heterocycles. The number of nitrogens with zero attached hydrogens (tertiary/aromatic N) is 3. The Labute approximate surface area is 111 Å². The van der Waals surface area contributed by atoms with Gasteiger partial charge in [0.2, 0.25) is 5.91 Å². The Balaban J connectivity index is 2.01. The molecular weight excluding hydrogens is 248 g/mol. The molecule has 1 fully saturated rings. The van der Waals surface area contributed by atoms with Crippen LogP contribution < -0.4 is 5.73 Å². The van der Waals surface area contributed by atoms with Crippen molar-refractivity contribution in [1.29, 1.82) is 0 Å². The minimum absolute atomic E-state index is 0.0403. The summed E-state index contributed by atoms with van der Waals surface area (Å²) in [6, 6.07) is 0. The van der Waals surface area contributed by atoms with Gasteiger partial charge < -0.3 is 15.7 Å². The van der Waals surface area contributed by atoms with Crippen molar-refractivity contribution >= 4 is 11.8 Å². The highest BCUT2D eigenvalue weighted by Gasteiger charge is 2.40. The average molecular weight is 266 g/mol. The van der Waals surface area contributed by atoms with Gasteiger partial charge in [-0.25, -0.2) is 0 Å². The van der Waals surface area contributed by atoms with Crippen LogP contribution >= 0.6 is 0 Å². The van der Waals surface area contributed by atoms with Crippen LogP contribution in [-0.2, 0) is 16.1 Å². The Kier molecular flexibility index (Phi) is 3.57. The van der Waals surface area contributed by atoms with Crippen molar-refractivity contribution in [2.75, 3.05) is 13.1 Å². The highest BCUT2D eigenvalue weighted by atomic mass is 16.3. The van der Waals surface area contributed by atoms with Crippen LogP contribution in [0.15, 0.2) is 12.4 Å². The number of amides is 2. The monoisotopic (exact) mass is 266 g/mol. The van der Waals surface area contributed by atoms with Crippen LogP contribution in [0.3, 0.4) is 0 Å². The second-order valence-electron chi connectivity index (χ2n) is 5.03. The SMILES string of the molecule is Cc1cnn(CC(=O)N2CCCC(O)(C(N)=O)C2)c1. The molecule has 2 rings (SSSR count). The smallest absolute Gasteiger partial charge is 0.251 e. The van der Waals surface area contributed by atoms with Crippen LogP contribution in [-0.4, -0.2) is 50.3 Å². The van der Waals surface area contributed by atoms with Crippen LogP contribution in [0.25, 0.3) is 0 Å². The van der Waals surface area contributed by atoms with Gasteiger partial charge in [0.1, 0.15) is 6.54 Å². The molecule has 0 aromatic carbocycles. The van der Waals surface area contributed by atoms with Crippen LogP contribution in [0.1, 0.15) is 18.4 Å². The number of nitrogens with two attached hydrogens (primary N) is 1. The number of aromatic nitrogens is 2. The van der Waals surface area contributed by atoms with Crippen molar-refractivity contribution in [1.82, 2.24) is 14.7 Å². The third kappa shape index (κ3) is 2.93. The minimum Gasteiger partial charge on any atom is -0.378 e. The number of primary amides is 1. The standard InChI is InChI=1S/C12H18N4O3/c1-9-5-14-16(6-9)7-10(17)15-4-2-3-12(19,8-15)11(13)18/h5-6,19H,2-4,7-8H2,1H3,(H2,13,18). The number of likely N-dealkylation sites (tertiary alicyclic amines) is 1.